The van der Waals surface area contributed by atoms with Crippen molar-refractivity contribution in [3.8, 4) is 0 Å². The van der Waals surface area contributed by atoms with Crippen LogP contribution < -0.4 is 5.32 Å². The molecule has 0 fully saturated rings. The molecule has 0 radical (unpaired) electrons. The van der Waals surface area contributed by atoms with Crippen molar-refractivity contribution in [2.45, 2.75) is 46.4 Å². The van der Waals surface area contributed by atoms with E-state index in [1.54, 1.807) is 0 Å². The molecule has 0 bridgehead atoms. The minimum Gasteiger partial charge on any atom is -0.372 e. The van der Waals surface area contributed by atoms with E-state index in [4.69, 9.17) is 4.74 Å². The fourth-order valence-electron chi connectivity index (χ4n) is 1.81. The van der Waals surface area contributed by atoms with Crippen LogP contribution in [0.3, 0.4) is 0 Å². The molecule has 1 atom stereocenters. The van der Waals surface area contributed by atoms with Crippen LogP contribution in [0.4, 0.5) is 0 Å². The Hall–Kier alpha value is -0.930. The maximum absolute atomic E-state index is 5.76. The Morgan fingerprint density at radius 2 is 2.06 bits per heavy atom. The molecule has 17 heavy (non-hydrogen) atoms. The van der Waals surface area contributed by atoms with Crippen LogP contribution in [-0.2, 0) is 17.9 Å². The van der Waals surface area contributed by atoms with Gasteiger partial charge in [0.2, 0.25) is 0 Å². The summed E-state index contributed by atoms with van der Waals surface area (Å²) in [5.41, 5.74) is 2.20. The van der Waals surface area contributed by atoms with E-state index in [2.05, 4.69) is 37.1 Å². The van der Waals surface area contributed by atoms with Gasteiger partial charge in [0.05, 0.1) is 18.4 Å². The molecule has 3 nitrogen and oxygen atoms in total. The van der Waals surface area contributed by atoms with E-state index in [1.165, 1.54) is 5.56 Å². The molecule has 0 aliphatic rings. The van der Waals surface area contributed by atoms with E-state index in [0.29, 0.717) is 18.6 Å². The molecule has 0 aliphatic heterocycles. The highest BCUT2D eigenvalue weighted by atomic mass is 16.5. The summed E-state index contributed by atoms with van der Waals surface area (Å²) < 4.78 is 5.76. The number of hydrogen-bond donors (Lipinski definition) is 1. The smallest absolute Gasteiger partial charge is 0.0891 e. The van der Waals surface area contributed by atoms with Crippen molar-refractivity contribution in [2.75, 3.05) is 7.05 Å². The number of rotatable bonds is 7. The molecule has 1 aromatic heterocycles. The first-order valence-electron chi connectivity index (χ1n) is 6.31. The number of ether oxygens (including phenoxy) is 1. The predicted molar refractivity (Wildman–Crippen MR) is 70.7 cm³/mol. The zero-order valence-electron chi connectivity index (χ0n) is 11.4. The summed E-state index contributed by atoms with van der Waals surface area (Å²) >= 11 is 0. The van der Waals surface area contributed by atoms with Gasteiger partial charge in [-0.15, -0.1) is 0 Å². The lowest BCUT2D eigenvalue weighted by Gasteiger charge is -2.14. The Morgan fingerprint density at radius 1 is 1.29 bits per heavy atom. The summed E-state index contributed by atoms with van der Waals surface area (Å²) in [4.78, 5) is 4.38. The Morgan fingerprint density at radius 3 is 2.59 bits per heavy atom. The molecular weight excluding hydrogens is 212 g/mol. The second kappa shape index (κ2) is 7.41. The molecule has 96 valence electrons. The molecule has 1 unspecified atom stereocenters. The first kappa shape index (κ1) is 14.1. The van der Waals surface area contributed by atoms with E-state index < -0.39 is 0 Å². The average Bonchev–Trinajstić information content (AvgIpc) is 2.28. The van der Waals surface area contributed by atoms with Gasteiger partial charge in [-0.1, -0.05) is 19.9 Å². The van der Waals surface area contributed by atoms with Gasteiger partial charge in [0.1, 0.15) is 0 Å². The third-order valence-electron chi connectivity index (χ3n) is 2.59. The monoisotopic (exact) mass is 236 g/mol. The van der Waals surface area contributed by atoms with Crippen LogP contribution in [0.1, 0.15) is 38.4 Å². The second-order valence-electron chi connectivity index (χ2n) is 4.94. The third kappa shape index (κ3) is 5.80. The van der Waals surface area contributed by atoms with Crippen molar-refractivity contribution in [1.82, 2.24) is 10.3 Å². The largest absolute Gasteiger partial charge is 0.372 e. The lowest BCUT2D eigenvalue weighted by Crippen LogP contribution is -2.12. The van der Waals surface area contributed by atoms with E-state index in [0.717, 1.165) is 18.7 Å². The fraction of sp³-hybridized carbons (Fsp3) is 0.643. The molecule has 3 heteroatoms. The lowest BCUT2D eigenvalue weighted by atomic mass is 10.1. The summed E-state index contributed by atoms with van der Waals surface area (Å²) in [7, 11) is 1.94. The Kier molecular flexibility index (Phi) is 6.16. The van der Waals surface area contributed by atoms with Crippen LogP contribution in [0.15, 0.2) is 18.3 Å². The quantitative estimate of drug-likeness (QED) is 0.790. The van der Waals surface area contributed by atoms with Gasteiger partial charge in [-0.2, -0.15) is 0 Å². The van der Waals surface area contributed by atoms with Crippen LogP contribution in [0.2, 0.25) is 0 Å². The predicted octanol–water partition coefficient (Wildman–Crippen LogP) is 2.75. The van der Waals surface area contributed by atoms with Gasteiger partial charge in [-0.3, -0.25) is 4.98 Å². The van der Waals surface area contributed by atoms with Gasteiger partial charge in [-0.05, 0) is 37.9 Å². The highest BCUT2D eigenvalue weighted by molar-refractivity contribution is 5.13. The topological polar surface area (TPSA) is 34.1 Å². The van der Waals surface area contributed by atoms with E-state index >= 15 is 0 Å². The third-order valence-corrected chi connectivity index (χ3v) is 2.59. The van der Waals surface area contributed by atoms with Crippen molar-refractivity contribution < 1.29 is 4.74 Å². The van der Waals surface area contributed by atoms with Crippen LogP contribution in [-0.4, -0.2) is 18.1 Å². The number of aromatic nitrogens is 1. The summed E-state index contributed by atoms with van der Waals surface area (Å²) in [5.74, 6) is 0.677. The highest BCUT2D eigenvalue weighted by Gasteiger charge is 2.05. The van der Waals surface area contributed by atoms with Crippen molar-refractivity contribution in [3.05, 3.63) is 29.6 Å². The minimum absolute atomic E-state index is 0.300. The summed E-state index contributed by atoms with van der Waals surface area (Å²) in [6.07, 6.45) is 3.30. The van der Waals surface area contributed by atoms with Crippen LogP contribution in [0.5, 0.6) is 0 Å². The van der Waals surface area contributed by atoms with Crippen LogP contribution >= 0.6 is 0 Å². The summed E-state index contributed by atoms with van der Waals surface area (Å²) in [6, 6.07) is 4.13. The van der Waals surface area contributed by atoms with Gasteiger partial charge >= 0.3 is 0 Å². The SMILES string of the molecule is CNCc1ccc(COC(C)CC(C)C)nc1. The Labute approximate surface area is 105 Å². The maximum Gasteiger partial charge on any atom is 0.0891 e. The molecule has 1 N–H and O–H groups in total. The van der Waals surface area contributed by atoms with E-state index in [-0.39, 0.29) is 0 Å². The Balaban J connectivity index is 2.36. The van der Waals surface area contributed by atoms with Crippen LogP contribution in [0.25, 0.3) is 0 Å². The normalized spacial score (nSPS) is 13.0. The molecule has 1 rings (SSSR count). The number of nitrogens with zero attached hydrogens (tertiary/aromatic N) is 1. The molecule has 0 saturated carbocycles. The number of hydrogen-bond acceptors (Lipinski definition) is 3. The first-order valence-corrected chi connectivity index (χ1v) is 6.31. The first-order chi connectivity index (χ1) is 8.11. The van der Waals surface area contributed by atoms with Gasteiger partial charge in [0, 0.05) is 12.7 Å². The van der Waals surface area contributed by atoms with Crippen LogP contribution in [0, 0.1) is 5.92 Å². The molecule has 1 heterocycles. The van der Waals surface area contributed by atoms with Crippen molar-refractivity contribution in [3.63, 3.8) is 0 Å². The highest BCUT2D eigenvalue weighted by Crippen LogP contribution is 2.10. The Bertz CT molecular complexity index is 309. The zero-order chi connectivity index (χ0) is 12.7. The van der Waals surface area contributed by atoms with Gasteiger partial charge in [0.15, 0.2) is 0 Å². The molecule has 1 aromatic rings. The van der Waals surface area contributed by atoms with Gasteiger partial charge in [-0.25, -0.2) is 0 Å². The van der Waals surface area contributed by atoms with Crippen molar-refractivity contribution >= 4 is 0 Å². The molecule has 0 amide bonds. The van der Waals surface area contributed by atoms with Gasteiger partial charge in [0.25, 0.3) is 0 Å². The molecule has 0 saturated heterocycles. The molecular formula is C14H24N2O. The lowest BCUT2D eigenvalue weighted by molar-refractivity contribution is 0.0379. The summed E-state index contributed by atoms with van der Waals surface area (Å²) in [5, 5.41) is 3.10. The average molecular weight is 236 g/mol. The standard InChI is InChI=1S/C14H24N2O/c1-11(2)7-12(3)17-10-14-6-5-13(8-15-4)9-16-14/h5-6,9,11-12,15H,7-8,10H2,1-4H3. The molecule has 0 spiro atoms. The minimum atomic E-state index is 0.300. The molecule has 0 aliphatic carbocycles. The van der Waals surface area contributed by atoms with Crippen molar-refractivity contribution in [2.24, 2.45) is 5.92 Å². The summed E-state index contributed by atoms with van der Waals surface area (Å²) in [6.45, 7) is 8.01. The van der Waals surface area contributed by atoms with E-state index in [1.807, 2.05) is 19.3 Å². The zero-order valence-corrected chi connectivity index (χ0v) is 11.4. The number of nitrogens with one attached hydrogen (secondary N) is 1. The second-order valence-corrected chi connectivity index (χ2v) is 4.94. The van der Waals surface area contributed by atoms with Gasteiger partial charge < -0.3 is 10.1 Å². The fourth-order valence-corrected chi connectivity index (χ4v) is 1.81. The van der Waals surface area contributed by atoms with E-state index in [9.17, 15) is 0 Å². The van der Waals surface area contributed by atoms with Crippen molar-refractivity contribution in [1.29, 1.82) is 0 Å². The maximum atomic E-state index is 5.76. The number of pyridine rings is 1. The molecule has 0 aromatic carbocycles.